The van der Waals surface area contributed by atoms with Gasteiger partial charge in [0, 0.05) is 18.1 Å². The zero-order valence-corrected chi connectivity index (χ0v) is 16.5. The molecule has 1 aliphatic heterocycles. The number of nitrogens with zero attached hydrogens (tertiary/aromatic N) is 1. The first-order valence-electron chi connectivity index (χ1n) is 8.10. The van der Waals surface area contributed by atoms with Gasteiger partial charge in [-0.25, -0.2) is 16.8 Å². The van der Waals surface area contributed by atoms with Crippen LogP contribution in [0.3, 0.4) is 0 Å². The molecule has 0 amide bonds. The molecule has 2 aromatic rings. The number of sulfonamides is 2. The molecule has 0 unspecified atom stereocenters. The lowest BCUT2D eigenvalue weighted by atomic mass is 10.2. The van der Waals surface area contributed by atoms with Crippen LogP contribution in [0.2, 0.25) is 5.02 Å². The Morgan fingerprint density at radius 1 is 0.923 bits per heavy atom. The van der Waals surface area contributed by atoms with E-state index in [0.717, 1.165) is 12.8 Å². The smallest absolute Gasteiger partial charge is 0.261 e. The maximum absolute atomic E-state index is 12.6. The Kier molecular flexibility index (Phi) is 5.30. The predicted octanol–water partition coefficient (Wildman–Crippen LogP) is 3.23. The van der Waals surface area contributed by atoms with Gasteiger partial charge in [0.2, 0.25) is 10.0 Å². The minimum Gasteiger partial charge on any atom is -0.279 e. The molecule has 0 atom stereocenters. The van der Waals surface area contributed by atoms with Crippen LogP contribution in [-0.4, -0.2) is 34.2 Å². The minimum atomic E-state index is -3.85. The zero-order chi connectivity index (χ0) is 18.9. The molecule has 26 heavy (non-hydrogen) atoms. The third-order valence-electron chi connectivity index (χ3n) is 4.35. The van der Waals surface area contributed by atoms with Gasteiger partial charge in [-0.3, -0.25) is 4.72 Å². The van der Waals surface area contributed by atoms with Gasteiger partial charge in [-0.15, -0.1) is 0 Å². The van der Waals surface area contributed by atoms with Crippen molar-refractivity contribution in [2.45, 2.75) is 29.6 Å². The molecule has 0 spiro atoms. The molecule has 1 heterocycles. The minimum absolute atomic E-state index is 0.0164. The van der Waals surface area contributed by atoms with Crippen molar-refractivity contribution in [1.82, 2.24) is 4.31 Å². The third-order valence-corrected chi connectivity index (χ3v) is 8.05. The maximum Gasteiger partial charge on any atom is 0.261 e. The Balaban J connectivity index is 1.86. The summed E-state index contributed by atoms with van der Waals surface area (Å²) >= 11 is 6.02. The van der Waals surface area contributed by atoms with Gasteiger partial charge in [-0.2, -0.15) is 4.31 Å². The average molecular weight is 415 g/mol. The van der Waals surface area contributed by atoms with Crippen LogP contribution in [0.1, 0.15) is 18.4 Å². The molecule has 1 saturated heterocycles. The van der Waals surface area contributed by atoms with Gasteiger partial charge in [0.15, 0.2) is 0 Å². The normalized spacial score (nSPS) is 15.9. The Morgan fingerprint density at radius 2 is 1.50 bits per heavy atom. The predicted molar refractivity (Wildman–Crippen MR) is 101 cm³/mol. The lowest BCUT2D eigenvalue weighted by molar-refractivity contribution is 0.477. The molecule has 0 bridgehead atoms. The van der Waals surface area contributed by atoms with Crippen molar-refractivity contribution in [3.05, 3.63) is 53.1 Å². The van der Waals surface area contributed by atoms with Gasteiger partial charge < -0.3 is 0 Å². The summed E-state index contributed by atoms with van der Waals surface area (Å²) < 4.78 is 54.1. The van der Waals surface area contributed by atoms with Crippen LogP contribution in [0, 0.1) is 6.92 Å². The van der Waals surface area contributed by atoms with Crippen molar-refractivity contribution < 1.29 is 16.8 Å². The summed E-state index contributed by atoms with van der Waals surface area (Å²) in [6.45, 7) is 2.71. The summed E-state index contributed by atoms with van der Waals surface area (Å²) in [7, 11) is -7.42. The summed E-state index contributed by atoms with van der Waals surface area (Å²) in [5.41, 5.74) is 0.997. The van der Waals surface area contributed by atoms with E-state index in [9.17, 15) is 16.8 Å². The second kappa shape index (κ2) is 7.19. The SMILES string of the molecule is Cc1c(Cl)cccc1NS(=O)(=O)c1ccc(S(=O)(=O)N2CCCC2)cc1. The molecule has 0 saturated carbocycles. The molecule has 0 aliphatic carbocycles. The number of hydrogen-bond acceptors (Lipinski definition) is 4. The van der Waals surface area contributed by atoms with Crippen LogP contribution in [0.4, 0.5) is 5.69 Å². The highest BCUT2D eigenvalue weighted by molar-refractivity contribution is 7.92. The summed E-state index contributed by atoms with van der Waals surface area (Å²) in [4.78, 5) is 0.0783. The molecular formula is C17H19ClN2O4S2. The molecule has 9 heteroatoms. The zero-order valence-electron chi connectivity index (χ0n) is 14.1. The highest BCUT2D eigenvalue weighted by Crippen LogP contribution is 2.26. The number of rotatable bonds is 5. The average Bonchev–Trinajstić information content (AvgIpc) is 3.14. The van der Waals surface area contributed by atoms with Crippen LogP contribution in [0.25, 0.3) is 0 Å². The van der Waals surface area contributed by atoms with Gasteiger partial charge in [-0.05, 0) is 61.7 Å². The van der Waals surface area contributed by atoms with E-state index < -0.39 is 20.0 Å². The topological polar surface area (TPSA) is 83.5 Å². The standard InChI is InChI=1S/C17H19ClN2O4S2/c1-13-16(18)5-4-6-17(13)19-25(21,22)14-7-9-15(10-8-14)26(23,24)20-11-2-3-12-20/h4-10,19H,2-3,11-12H2,1H3. The molecule has 0 radical (unpaired) electrons. The van der Waals surface area contributed by atoms with Gasteiger partial charge >= 0.3 is 0 Å². The summed E-state index contributed by atoms with van der Waals surface area (Å²) in [6, 6.07) is 10.2. The molecule has 0 aromatic heterocycles. The van der Waals surface area contributed by atoms with Crippen molar-refractivity contribution in [1.29, 1.82) is 0 Å². The Hall–Kier alpha value is -1.61. The van der Waals surface area contributed by atoms with Gasteiger partial charge in [0.05, 0.1) is 15.5 Å². The summed E-state index contributed by atoms with van der Waals surface area (Å²) in [6.07, 6.45) is 1.68. The van der Waals surface area contributed by atoms with Crippen molar-refractivity contribution in [2.75, 3.05) is 17.8 Å². The lowest BCUT2D eigenvalue weighted by Gasteiger charge is -2.16. The molecule has 1 aliphatic rings. The third kappa shape index (κ3) is 3.73. The molecule has 2 aromatic carbocycles. The number of nitrogens with one attached hydrogen (secondary N) is 1. The fourth-order valence-corrected chi connectivity index (χ4v) is 5.60. The van der Waals surface area contributed by atoms with Crippen LogP contribution < -0.4 is 4.72 Å². The van der Waals surface area contributed by atoms with Gasteiger partial charge in [-0.1, -0.05) is 17.7 Å². The number of anilines is 1. The Labute approximate surface area is 158 Å². The van der Waals surface area contributed by atoms with Crippen molar-refractivity contribution in [3.8, 4) is 0 Å². The highest BCUT2D eigenvalue weighted by Gasteiger charge is 2.27. The molecule has 1 fully saturated rings. The van der Waals surface area contributed by atoms with Crippen molar-refractivity contribution in [3.63, 3.8) is 0 Å². The van der Waals surface area contributed by atoms with Crippen LogP contribution >= 0.6 is 11.6 Å². The van der Waals surface area contributed by atoms with Crippen molar-refractivity contribution in [2.24, 2.45) is 0 Å². The summed E-state index contributed by atoms with van der Waals surface area (Å²) in [5.74, 6) is 0. The number of halogens is 1. The molecule has 6 nitrogen and oxygen atoms in total. The first-order valence-corrected chi connectivity index (χ1v) is 11.4. The fourth-order valence-electron chi connectivity index (χ4n) is 2.79. The van der Waals surface area contributed by atoms with Crippen LogP contribution in [-0.2, 0) is 20.0 Å². The molecule has 1 N–H and O–H groups in total. The number of hydrogen-bond donors (Lipinski definition) is 1. The monoisotopic (exact) mass is 414 g/mol. The second-order valence-corrected chi connectivity index (χ2v) is 10.1. The van der Waals surface area contributed by atoms with E-state index in [4.69, 9.17) is 11.6 Å². The lowest BCUT2D eigenvalue weighted by Crippen LogP contribution is -2.27. The molecular weight excluding hydrogens is 396 g/mol. The van der Waals surface area contributed by atoms with Crippen LogP contribution in [0.15, 0.2) is 52.3 Å². The van der Waals surface area contributed by atoms with Gasteiger partial charge in [0.1, 0.15) is 0 Å². The van der Waals surface area contributed by atoms with E-state index >= 15 is 0 Å². The van der Waals surface area contributed by atoms with E-state index in [-0.39, 0.29) is 9.79 Å². The van der Waals surface area contributed by atoms with Crippen LogP contribution in [0.5, 0.6) is 0 Å². The second-order valence-electron chi connectivity index (χ2n) is 6.10. The van der Waals surface area contributed by atoms with Gasteiger partial charge in [0.25, 0.3) is 10.0 Å². The van der Waals surface area contributed by atoms with E-state index in [1.165, 1.54) is 28.6 Å². The summed E-state index contributed by atoms with van der Waals surface area (Å²) in [5, 5.41) is 0.456. The Morgan fingerprint density at radius 3 is 2.12 bits per heavy atom. The fraction of sp³-hybridized carbons (Fsp3) is 0.294. The van der Waals surface area contributed by atoms with Crippen molar-refractivity contribution >= 4 is 37.3 Å². The highest BCUT2D eigenvalue weighted by atomic mass is 35.5. The van der Waals surface area contributed by atoms with E-state index in [0.29, 0.717) is 29.4 Å². The van der Waals surface area contributed by atoms with E-state index in [1.54, 1.807) is 25.1 Å². The molecule has 140 valence electrons. The quantitative estimate of drug-likeness (QED) is 0.814. The Bertz CT molecular complexity index is 1010. The number of benzene rings is 2. The van der Waals surface area contributed by atoms with E-state index in [2.05, 4.69) is 4.72 Å². The first-order chi connectivity index (χ1) is 12.2. The maximum atomic E-state index is 12.6. The largest absolute Gasteiger partial charge is 0.279 e. The first kappa shape index (κ1) is 19.2. The van der Waals surface area contributed by atoms with E-state index in [1.807, 2.05) is 0 Å². The molecule has 3 rings (SSSR count).